The summed E-state index contributed by atoms with van der Waals surface area (Å²) in [6.07, 6.45) is 0.547. The third-order valence-corrected chi connectivity index (χ3v) is 2.33. The minimum Gasteiger partial charge on any atom is -0.385 e. The van der Waals surface area contributed by atoms with Crippen molar-refractivity contribution >= 4 is 17.4 Å². The second-order valence-electron chi connectivity index (χ2n) is 2.98. The van der Waals surface area contributed by atoms with Crippen molar-refractivity contribution in [2.24, 2.45) is 0 Å². The lowest BCUT2D eigenvalue weighted by Gasteiger charge is -2.07. The monoisotopic (exact) mass is 212 g/mol. The van der Waals surface area contributed by atoms with Crippen LogP contribution in [0.2, 0.25) is 0 Å². The van der Waals surface area contributed by atoms with Crippen LogP contribution < -0.4 is 0 Å². The van der Waals surface area contributed by atoms with Crippen molar-refractivity contribution < 1.29 is 9.53 Å². The summed E-state index contributed by atoms with van der Waals surface area (Å²) in [5.41, 5.74) is 0.656. The molecule has 0 aromatic heterocycles. The molecule has 1 aromatic carbocycles. The second-order valence-corrected chi connectivity index (χ2v) is 3.51. The molecule has 0 heterocycles. The van der Waals surface area contributed by atoms with Gasteiger partial charge in [-0.05, 0) is 6.42 Å². The predicted molar refractivity (Wildman–Crippen MR) is 56.9 cm³/mol. The third kappa shape index (κ3) is 3.13. The lowest BCUT2D eigenvalue weighted by molar-refractivity contribution is 0.0968. The number of ether oxygens (including phenoxy) is 1. The molecular formula is C11H13ClO2. The first-order valence-electron chi connectivity index (χ1n) is 4.48. The van der Waals surface area contributed by atoms with Gasteiger partial charge in [0.1, 0.15) is 0 Å². The first-order valence-corrected chi connectivity index (χ1v) is 4.91. The van der Waals surface area contributed by atoms with Gasteiger partial charge < -0.3 is 4.74 Å². The number of rotatable bonds is 5. The van der Waals surface area contributed by atoms with E-state index in [1.54, 1.807) is 19.2 Å². The highest BCUT2D eigenvalue weighted by atomic mass is 35.5. The van der Waals surface area contributed by atoms with E-state index in [2.05, 4.69) is 0 Å². The highest BCUT2D eigenvalue weighted by Crippen LogP contribution is 2.11. The maximum absolute atomic E-state index is 11.7. The molecule has 3 heteroatoms. The van der Waals surface area contributed by atoms with Crippen molar-refractivity contribution in [2.45, 2.75) is 11.8 Å². The highest BCUT2D eigenvalue weighted by molar-refractivity contribution is 6.33. The Balaban J connectivity index is 2.57. The molecule has 76 valence electrons. The van der Waals surface area contributed by atoms with Gasteiger partial charge in [0.05, 0.1) is 5.38 Å². The van der Waals surface area contributed by atoms with E-state index in [-0.39, 0.29) is 5.78 Å². The number of ketones is 1. The molecule has 2 nitrogen and oxygen atoms in total. The summed E-state index contributed by atoms with van der Waals surface area (Å²) < 4.78 is 4.86. The van der Waals surface area contributed by atoms with Crippen LogP contribution in [0.3, 0.4) is 0 Å². The van der Waals surface area contributed by atoms with Gasteiger partial charge in [-0.2, -0.15) is 0 Å². The summed E-state index contributed by atoms with van der Waals surface area (Å²) >= 11 is 5.92. The maximum Gasteiger partial charge on any atom is 0.180 e. The van der Waals surface area contributed by atoms with E-state index >= 15 is 0 Å². The molecule has 0 aliphatic carbocycles. The number of Topliss-reactive ketones (excluding diaryl/α,β-unsaturated/α-hetero) is 1. The summed E-state index contributed by atoms with van der Waals surface area (Å²) in [6.45, 7) is 0.507. The minimum absolute atomic E-state index is 0.0377. The lowest BCUT2D eigenvalue weighted by Crippen LogP contribution is -2.16. The average molecular weight is 213 g/mol. The highest BCUT2D eigenvalue weighted by Gasteiger charge is 2.16. The minimum atomic E-state index is -0.489. The summed E-state index contributed by atoms with van der Waals surface area (Å²) in [4.78, 5) is 11.7. The van der Waals surface area contributed by atoms with Crippen molar-refractivity contribution in [3.05, 3.63) is 35.9 Å². The molecule has 1 rings (SSSR count). The van der Waals surface area contributed by atoms with Crippen LogP contribution in [0, 0.1) is 0 Å². The topological polar surface area (TPSA) is 26.3 Å². The largest absolute Gasteiger partial charge is 0.385 e. The zero-order valence-electron chi connectivity index (χ0n) is 8.07. The standard InChI is InChI=1S/C11H13ClO2/c1-14-8-7-10(12)11(13)9-5-3-2-4-6-9/h2-6,10H,7-8H2,1H3/t10-/m1/s1. The number of carbonyl (C=O) groups excluding carboxylic acids is 1. The maximum atomic E-state index is 11.7. The predicted octanol–water partition coefficient (Wildman–Crippen LogP) is 2.51. The first kappa shape index (κ1) is 11.2. The average Bonchev–Trinajstić information content (AvgIpc) is 2.26. The van der Waals surface area contributed by atoms with E-state index in [1.807, 2.05) is 18.2 Å². The number of halogens is 1. The van der Waals surface area contributed by atoms with E-state index in [9.17, 15) is 4.79 Å². The Morgan fingerprint density at radius 1 is 1.43 bits per heavy atom. The van der Waals surface area contributed by atoms with Gasteiger partial charge in [0.15, 0.2) is 5.78 Å². The molecule has 1 aromatic rings. The molecule has 0 aliphatic heterocycles. The number of methoxy groups -OCH3 is 1. The fraction of sp³-hybridized carbons (Fsp3) is 0.364. The lowest BCUT2D eigenvalue weighted by atomic mass is 10.1. The van der Waals surface area contributed by atoms with E-state index in [0.29, 0.717) is 18.6 Å². The zero-order valence-corrected chi connectivity index (χ0v) is 8.83. The van der Waals surface area contributed by atoms with E-state index in [1.165, 1.54) is 0 Å². The van der Waals surface area contributed by atoms with E-state index < -0.39 is 5.38 Å². The third-order valence-electron chi connectivity index (χ3n) is 1.92. The fourth-order valence-corrected chi connectivity index (χ4v) is 1.35. The Morgan fingerprint density at radius 3 is 2.64 bits per heavy atom. The summed E-state index contributed by atoms with van der Waals surface area (Å²) in [6, 6.07) is 9.06. The quantitative estimate of drug-likeness (QED) is 0.554. The van der Waals surface area contributed by atoms with Gasteiger partial charge >= 0.3 is 0 Å². The first-order chi connectivity index (χ1) is 6.75. The van der Waals surface area contributed by atoms with Gasteiger partial charge in [0.2, 0.25) is 0 Å². The second kappa shape index (κ2) is 5.78. The molecule has 0 aliphatic rings. The Bertz CT molecular complexity index is 285. The molecule has 0 radical (unpaired) electrons. The normalized spacial score (nSPS) is 12.4. The Hall–Kier alpha value is -0.860. The van der Waals surface area contributed by atoms with Crippen LogP contribution >= 0.6 is 11.6 Å². The van der Waals surface area contributed by atoms with Crippen LogP contribution in [-0.4, -0.2) is 24.9 Å². The number of hydrogen-bond acceptors (Lipinski definition) is 2. The van der Waals surface area contributed by atoms with Crippen molar-refractivity contribution in [1.29, 1.82) is 0 Å². The van der Waals surface area contributed by atoms with Gasteiger partial charge in [-0.3, -0.25) is 4.79 Å². The Labute approximate surface area is 88.8 Å². The van der Waals surface area contributed by atoms with Crippen molar-refractivity contribution in [2.75, 3.05) is 13.7 Å². The Kier molecular flexibility index (Phi) is 4.63. The van der Waals surface area contributed by atoms with Crippen LogP contribution in [0.1, 0.15) is 16.8 Å². The van der Waals surface area contributed by atoms with Gasteiger partial charge in [-0.15, -0.1) is 11.6 Å². The van der Waals surface area contributed by atoms with E-state index in [0.717, 1.165) is 0 Å². The van der Waals surface area contributed by atoms with Crippen molar-refractivity contribution in [1.82, 2.24) is 0 Å². The molecule has 1 atom stereocenters. The van der Waals surface area contributed by atoms with Crippen LogP contribution in [0.4, 0.5) is 0 Å². The number of benzene rings is 1. The zero-order chi connectivity index (χ0) is 10.4. The number of hydrogen-bond donors (Lipinski definition) is 0. The molecule has 0 saturated carbocycles. The van der Waals surface area contributed by atoms with E-state index in [4.69, 9.17) is 16.3 Å². The smallest absolute Gasteiger partial charge is 0.180 e. The molecule has 0 saturated heterocycles. The van der Waals surface area contributed by atoms with Gasteiger partial charge in [-0.25, -0.2) is 0 Å². The summed E-state index contributed by atoms with van der Waals surface area (Å²) in [5.74, 6) is -0.0377. The van der Waals surface area contributed by atoms with Crippen molar-refractivity contribution in [3.8, 4) is 0 Å². The summed E-state index contributed by atoms with van der Waals surface area (Å²) in [5, 5.41) is -0.489. The van der Waals surface area contributed by atoms with Crippen molar-refractivity contribution in [3.63, 3.8) is 0 Å². The molecule has 0 fully saturated rings. The van der Waals surface area contributed by atoms with Crippen LogP contribution in [0.25, 0.3) is 0 Å². The van der Waals surface area contributed by atoms with Crippen LogP contribution in [-0.2, 0) is 4.74 Å². The number of carbonyl (C=O) groups is 1. The van der Waals surface area contributed by atoms with Crippen LogP contribution in [0.15, 0.2) is 30.3 Å². The molecule has 0 bridgehead atoms. The molecular weight excluding hydrogens is 200 g/mol. The molecule has 14 heavy (non-hydrogen) atoms. The molecule has 0 unspecified atom stereocenters. The molecule has 0 spiro atoms. The van der Waals surface area contributed by atoms with Gasteiger partial charge in [-0.1, -0.05) is 30.3 Å². The fourth-order valence-electron chi connectivity index (χ4n) is 1.14. The SMILES string of the molecule is COCC[C@@H](Cl)C(=O)c1ccccc1. The molecule has 0 N–H and O–H groups in total. The van der Waals surface area contributed by atoms with Gasteiger partial charge in [0, 0.05) is 19.3 Å². The Morgan fingerprint density at radius 2 is 2.07 bits per heavy atom. The summed E-state index contributed by atoms with van der Waals surface area (Å²) in [7, 11) is 1.59. The molecule has 0 amide bonds. The van der Waals surface area contributed by atoms with Gasteiger partial charge in [0.25, 0.3) is 0 Å². The van der Waals surface area contributed by atoms with Crippen LogP contribution in [0.5, 0.6) is 0 Å². The number of alkyl halides is 1.